The van der Waals surface area contributed by atoms with E-state index in [0.717, 1.165) is 17.0 Å². The Labute approximate surface area is 157 Å². The Morgan fingerprint density at radius 1 is 1.12 bits per heavy atom. The number of esters is 1. The molecule has 2 rings (SSSR count). The number of rotatable bonds is 6. The average Bonchev–Trinajstić information content (AvgIpc) is 2.62. The van der Waals surface area contributed by atoms with Crippen molar-refractivity contribution in [2.24, 2.45) is 5.10 Å². The maximum atomic E-state index is 11.1. The Bertz CT molecular complexity index is 824. The predicted molar refractivity (Wildman–Crippen MR) is 104 cm³/mol. The molecule has 0 amide bonds. The summed E-state index contributed by atoms with van der Waals surface area (Å²) in [6.45, 7) is 1.33. The van der Waals surface area contributed by atoms with Crippen molar-refractivity contribution < 1.29 is 19.0 Å². The zero-order valence-electron chi connectivity index (χ0n) is 14.6. The third kappa shape index (κ3) is 5.75. The van der Waals surface area contributed by atoms with E-state index in [0.29, 0.717) is 16.6 Å². The molecule has 26 heavy (non-hydrogen) atoms. The molecule has 0 aliphatic heterocycles. The molecule has 0 heterocycles. The van der Waals surface area contributed by atoms with Crippen LogP contribution in [0.5, 0.6) is 17.2 Å². The Balaban J connectivity index is 1.96. The van der Waals surface area contributed by atoms with Gasteiger partial charge in [-0.15, -0.1) is 0 Å². The van der Waals surface area contributed by atoms with Gasteiger partial charge >= 0.3 is 5.97 Å². The molecule has 2 N–H and O–H groups in total. The van der Waals surface area contributed by atoms with Gasteiger partial charge in [0, 0.05) is 18.7 Å². The zero-order chi connectivity index (χ0) is 18.9. The number of methoxy groups -OCH3 is 2. The molecule has 7 nitrogen and oxygen atoms in total. The summed E-state index contributed by atoms with van der Waals surface area (Å²) in [6, 6.07) is 12.4. The number of anilines is 1. The highest BCUT2D eigenvalue weighted by Crippen LogP contribution is 2.27. The van der Waals surface area contributed by atoms with E-state index >= 15 is 0 Å². The van der Waals surface area contributed by atoms with Crippen molar-refractivity contribution >= 4 is 35.2 Å². The highest BCUT2D eigenvalue weighted by Gasteiger charge is 2.07. The standard InChI is InChI=1S/C18H19N3O4S/c1-12(22)25-16-8-7-13(9-17(16)24-3)11-19-21-18(26)20-14-5-4-6-15(10-14)23-2/h4-11H,1-3H3,(H2,20,21,26)/b19-11-. The van der Waals surface area contributed by atoms with Crippen LogP contribution in [0, 0.1) is 0 Å². The summed E-state index contributed by atoms with van der Waals surface area (Å²) in [4.78, 5) is 11.1. The molecule has 8 heteroatoms. The highest BCUT2D eigenvalue weighted by molar-refractivity contribution is 7.80. The molecule has 0 radical (unpaired) electrons. The van der Waals surface area contributed by atoms with Crippen LogP contribution in [-0.4, -0.2) is 31.5 Å². The summed E-state index contributed by atoms with van der Waals surface area (Å²) in [7, 11) is 3.09. The number of hydrogen-bond donors (Lipinski definition) is 2. The van der Waals surface area contributed by atoms with Gasteiger partial charge in [-0.2, -0.15) is 5.10 Å². The van der Waals surface area contributed by atoms with E-state index in [1.165, 1.54) is 14.0 Å². The zero-order valence-corrected chi connectivity index (χ0v) is 15.4. The van der Waals surface area contributed by atoms with Crippen LogP contribution >= 0.6 is 12.2 Å². The molecule has 136 valence electrons. The summed E-state index contributed by atoms with van der Waals surface area (Å²) < 4.78 is 15.4. The molecule has 0 aliphatic carbocycles. The Kier molecular flexibility index (Phi) is 6.92. The monoisotopic (exact) mass is 373 g/mol. The van der Waals surface area contributed by atoms with Crippen molar-refractivity contribution in [1.29, 1.82) is 0 Å². The van der Waals surface area contributed by atoms with Gasteiger partial charge in [0.1, 0.15) is 5.75 Å². The Morgan fingerprint density at radius 2 is 1.92 bits per heavy atom. The van der Waals surface area contributed by atoms with Crippen LogP contribution < -0.4 is 25.0 Å². The first-order valence-electron chi connectivity index (χ1n) is 7.62. The number of benzene rings is 2. The van der Waals surface area contributed by atoms with Crippen molar-refractivity contribution in [1.82, 2.24) is 5.43 Å². The summed E-state index contributed by atoms with van der Waals surface area (Å²) >= 11 is 5.19. The minimum absolute atomic E-state index is 0.331. The van der Waals surface area contributed by atoms with Crippen LogP contribution in [0.15, 0.2) is 47.6 Å². The van der Waals surface area contributed by atoms with Gasteiger partial charge < -0.3 is 19.5 Å². The molecule has 0 spiro atoms. The first kappa shape index (κ1) is 19.2. The van der Waals surface area contributed by atoms with E-state index in [-0.39, 0.29) is 0 Å². The smallest absolute Gasteiger partial charge is 0.308 e. The topological polar surface area (TPSA) is 81.2 Å². The van der Waals surface area contributed by atoms with Gasteiger partial charge in [0.05, 0.1) is 20.4 Å². The predicted octanol–water partition coefficient (Wildman–Crippen LogP) is 2.95. The van der Waals surface area contributed by atoms with Crippen molar-refractivity contribution in [2.75, 3.05) is 19.5 Å². The Morgan fingerprint density at radius 3 is 2.62 bits per heavy atom. The molecular formula is C18H19N3O4S. The van der Waals surface area contributed by atoms with Crippen LogP contribution in [0.25, 0.3) is 0 Å². The summed E-state index contributed by atoms with van der Waals surface area (Å²) in [5.41, 5.74) is 4.25. The number of hydrogen-bond acceptors (Lipinski definition) is 6. The third-order valence-electron chi connectivity index (χ3n) is 3.15. The highest BCUT2D eigenvalue weighted by atomic mass is 32.1. The molecule has 0 unspecified atom stereocenters. The van der Waals surface area contributed by atoms with Crippen LogP contribution in [0.4, 0.5) is 5.69 Å². The molecule has 0 aromatic heterocycles. The van der Waals surface area contributed by atoms with E-state index < -0.39 is 5.97 Å². The summed E-state index contributed by atoms with van der Waals surface area (Å²) in [5, 5.41) is 7.41. The lowest BCUT2D eigenvalue weighted by Crippen LogP contribution is -2.23. The average molecular weight is 373 g/mol. The number of nitrogens with zero attached hydrogens (tertiary/aromatic N) is 1. The second-order valence-corrected chi connectivity index (χ2v) is 5.47. The van der Waals surface area contributed by atoms with Gasteiger partial charge in [0.2, 0.25) is 0 Å². The van der Waals surface area contributed by atoms with Crippen LogP contribution in [0.2, 0.25) is 0 Å². The third-order valence-corrected chi connectivity index (χ3v) is 3.34. The molecule has 2 aromatic carbocycles. The van der Waals surface area contributed by atoms with E-state index in [9.17, 15) is 4.79 Å². The van der Waals surface area contributed by atoms with Gasteiger partial charge in [-0.25, -0.2) is 0 Å². The van der Waals surface area contributed by atoms with E-state index in [2.05, 4.69) is 15.8 Å². The maximum Gasteiger partial charge on any atom is 0.308 e. The van der Waals surface area contributed by atoms with E-state index in [1.54, 1.807) is 31.5 Å². The SMILES string of the molecule is COc1cccc(NC(=S)N/N=C\c2ccc(OC(C)=O)c(OC)c2)c1. The van der Waals surface area contributed by atoms with Crippen LogP contribution in [0.3, 0.4) is 0 Å². The van der Waals surface area contributed by atoms with Crippen molar-refractivity contribution in [3.63, 3.8) is 0 Å². The first-order chi connectivity index (χ1) is 12.5. The van der Waals surface area contributed by atoms with Gasteiger partial charge in [0.15, 0.2) is 16.6 Å². The minimum atomic E-state index is -0.416. The molecule has 0 saturated carbocycles. The number of nitrogens with one attached hydrogen (secondary N) is 2. The Hall–Kier alpha value is -3.13. The van der Waals surface area contributed by atoms with Crippen molar-refractivity contribution in [3.05, 3.63) is 48.0 Å². The largest absolute Gasteiger partial charge is 0.497 e. The minimum Gasteiger partial charge on any atom is -0.497 e. The van der Waals surface area contributed by atoms with Gasteiger partial charge in [0.25, 0.3) is 0 Å². The second-order valence-electron chi connectivity index (χ2n) is 5.06. The number of hydrazone groups is 1. The molecule has 0 aliphatic rings. The van der Waals surface area contributed by atoms with Gasteiger partial charge in [-0.05, 0) is 48.1 Å². The number of ether oxygens (including phenoxy) is 3. The summed E-state index contributed by atoms with van der Waals surface area (Å²) in [5.74, 6) is 1.09. The van der Waals surface area contributed by atoms with E-state index in [1.807, 2.05) is 24.3 Å². The van der Waals surface area contributed by atoms with Crippen LogP contribution in [-0.2, 0) is 4.79 Å². The first-order valence-corrected chi connectivity index (χ1v) is 8.03. The molecule has 0 saturated heterocycles. The van der Waals surface area contributed by atoms with E-state index in [4.69, 9.17) is 26.4 Å². The summed E-state index contributed by atoms with van der Waals surface area (Å²) in [6.07, 6.45) is 1.57. The lowest BCUT2D eigenvalue weighted by molar-refractivity contribution is -0.132. The molecular weight excluding hydrogens is 354 g/mol. The fraction of sp³-hybridized carbons (Fsp3) is 0.167. The number of carbonyl (C=O) groups excluding carboxylic acids is 1. The quantitative estimate of drug-likeness (QED) is 0.265. The fourth-order valence-electron chi connectivity index (χ4n) is 2.03. The fourth-order valence-corrected chi connectivity index (χ4v) is 2.20. The second kappa shape index (κ2) is 9.38. The number of carbonyl (C=O) groups is 1. The number of thiocarbonyl (C=S) groups is 1. The normalized spacial score (nSPS) is 10.3. The molecule has 0 atom stereocenters. The lowest BCUT2D eigenvalue weighted by atomic mass is 10.2. The molecule has 2 aromatic rings. The maximum absolute atomic E-state index is 11.1. The lowest BCUT2D eigenvalue weighted by Gasteiger charge is -2.09. The van der Waals surface area contributed by atoms with Gasteiger partial charge in [-0.3, -0.25) is 10.2 Å². The van der Waals surface area contributed by atoms with Gasteiger partial charge in [-0.1, -0.05) is 6.07 Å². The molecule has 0 bridgehead atoms. The molecule has 0 fully saturated rings. The van der Waals surface area contributed by atoms with Crippen LogP contribution in [0.1, 0.15) is 12.5 Å². The van der Waals surface area contributed by atoms with Crippen molar-refractivity contribution in [3.8, 4) is 17.2 Å². The van der Waals surface area contributed by atoms with Crippen molar-refractivity contribution in [2.45, 2.75) is 6.92 Å².